The van der Waals surface area contributed by atoms with Crippen molar-refractivity contribution in [1.29, 1.82) is 0 Å². The van der Waals surface area contributed by atoms with Crippen molar-refractivity contribution in [2.75, 3.05) is 6.61 Å². The standard InChI is InChI=1S/C22H27N3O2.2CH4/c1-6-27-15(2)11-12-16-13-17(22(3,4)5)21(26)20(14-16)25-23-18-9-7-8-10-19(18)24-25;;/h7-10,13-14,26H,2,6,11-12H2,1,3-5H3;2*1H4. The summed E-state index contributed by atoms with van der Waals surface area (Å²) in [5, 5.41) is 20.0. The number of nitrogens with zero attached hydrogens (tertiary/aromatic N) is 3. The maximum Gasteiger partial charge on any atom is 0.146 e. The van der Waals surface area contributed by atoms with Crippen LogP contribution in [0.3, 0.4) is 0 Å². The monoisotopic (exact) mass is 397 g/mol. The van der Waals surface area contributed by atoms with Crippen molar-refractivity contribution >= 4 is 11.0 Å². The lowest BCUT2D eigenvalue weighted by Crippen LogP contribution is -2.14. The Bertz CT molecular complexity index is 935. The van der Waals surface area contributed by atoms with E-state index >= 15 is 0 Å². The van der Waals surface area contributed by atoms with Crippen molar-refractivity contribution in [3.8, 4) is 11.4 Å². The van der Waals surface area contributed by atoms with Crippen LogP contribution in [0.25, 0.3) is 16.7 Å². The molecule has 0 aliphatic heterocycles. The second-order valence-electron chi connectivity index (χ2n) is 7.71. The van der Waals surface area contributed by atoms with Crippen LogP contribution in [0.4, 0.5) is 0 Å². The Kier molecular flexibility index (Phi) is 8.01. The van der Waals surface area contributed by atoms with Crippen molar-refractivity contribution in [2.45, 2.75) is 60.8 Å². The number of aromatic nitrogens is 3. The molecule has 0 amide bonds. The molecule has 0 unspecified atom stereocenters. The Morgan fingerprint density at radius 1 is 1.10 bits per heavy atom. The van der Waals surface area contributed by atoms with Crippen LogP contribution in [0.1, 0.15) is 60.1 Å². The number of hydrogen-bond donors (Lipinski definition) is 1. The Balaban J connectivity index is 0.00000210. The molecule has 0 aliphatic carbocycles. The molecule has 0 bridgehead atoms. The molecule has 3 rings (SSSR count). The molecule has 0 saturated carbocycles. The first-order chi connectivity index (χ1) is 12.8. The van der Waals surface area contributed by atoms with E-state index in [0.29, 0.717) is 12.3 Å². The van der Waals surface area contributed by atoms with Gasteiger partial charge in [-0.15, -0.1) is 15.0 Å². The number of rotatable bonds is 6. The van der Waals surface area contributed by atoms with Crippen molar-refractivity contribution in [2.24, 2.45) is 0 Å². The van der Waals surface area contributed by atoms with E-state index in [1.165, 1.54) is 4.80 Å². The molecule has 1 heterocycles. The minimum absolute atomic E-state index is 0. The first-order valence-corrected chi connectivity index (χ1v) is 9.29. The smallest absolute Gasteiger partial charge is 0.146 e. The summed E-state index contributed by atoms with van der Waals surface area (Å²) in [5.41, 5.74) is 3.94. The highest BCUT2D eigenvalue weighted by atomic mass is 16.5. The van der Waals surface area contributed by atoms with E-state index in [4.69, 9.17) is 4.74 Å². The number of allylic oxidation sites excluding steroid dienone is 1. The topological polar surface area (TPSA) is 60.2 Å². The molecule has 2 aromatic carbocycles. The Hall–Kier alpha value is -2.82. The van der Waals surface area contributed by atoms with Crippen LogP contribution in [0.5, 0.6) is 5.75 Å². The first kappa shape index (κ1) is 24.2. The molecule has 3 aromatic rings. The highest BCUT2D eigenvalue weighted by molar-refractivity contribution is 5.73. The van der Waals surface area contributed by atoms with Gasteiger partial charge in [-0.05, 0) is 42.5 Å². The number of benzene rings is 2. The molecule has 0 spiro atoms. The predicted octanol–water partition coefficient (Wildman–Crippen LogP) is 6.18. The van der Waals surface area contributed by atoms with Crippen molar-refractivity contribution in [3.63, 3.8) is 0 Å². The zero-order valence-corrected chi connectivity index (χ0v) is 16.5. The minimum Gasteiger partial charge on any atom is -0.505 e. The molecule has 0 aliphatic rings. The van der Waals surface area contributed by atoms with Gasteiger partial charge in [-0.3, -0.25) is 0 Å². The van der Waals surface area contributed by atoms with Gasteiger partial charge in [0.15, 0.2) is 0 Å². The second-order valence-corrected chi connectivity index (χ2v) is 7.71. The molecular formula is C24H35N3O2. The zero-order valence-electron chi connectivity index (χ0n) is 16.5. The van der Waals surface area contributed by atoms with Crippen LogP contribution in [-0.4, -0.2) is 26.7 Å². The largest absolute Gasteiger partial charge is 0.505 e. The fraction of sp³-hybridized carbons (Fsp3) is 0.417. The molecule has 0 saturated heterocycles. The van der Waals surface area contributed by atoms with Crippen LogP contribution in [-0.2, 0) is 16.6 Å². The maximum absolute atomic E-state index is 10.9. The normalized spacial score (nSPS) is 10.9. The number of aromatic hydroxyl groups is 1. The lowest BCUT2D eigenvalue weighted by molar-refractivity contribution is 0.220. The van der Waals surface area contributed by atoms with Gasteiger partial charge >= 0.3 is 0 Å². The third kappa shape index (κ3) is 5.37. The van der Waals surface area contributed by atoms with E-state index in [-0.39, 0.29) is 26.0 Å². The lowest BCUT2D eigenvalue weighted by Gasteiger charge is -2.23. The van der Waals surface area contributed by atoms with Gasteiger partial charge in [-0.25, -0.2) is 0 Å². The average molecular weight is 398 g/mol. The fourth-order valence-corrected chi connectivity index (χ4v) is 3.07. The van der Waals surface area contributed by atoms with Crippen molar-refractivity contribution < 1.29 is 9.84 Å². The van der Waals surface area contributed by atoms with Gasteiger partial charge in [-0.1, -0.05) is 60.4 Å². The summed E-state index contributed by atoms with van der Waals surface area (Å²) in [5.74, 6) is 0.988. The molecular weight excluding hydrogens is 362 g/mol. The van der Waals surface area contributed by atoms with Gasteiger partial charge in [0, 0.05) is 12.0 Å². The SMILES string of the molecule is C.C.C=C(CCc1cc(-n2nc3ccccc3n2)c(O)c(C(C)(C)C)c1)OCC. The number of phenolic OH excluding ortho intramolecular Hbond substituents is 1. The van der Waals surface area contributed by atoms with Gasteiger partial charge in [0.25, 0.3) is 0 Å². The Labute approximate surface area is 175 Å². The average Bonchev–Trinajstić information content (AvgIpc) is 3.04. The fourth-order valence-electron chi connectivity index (χ4n) is 3.07. The predicted molar refractivity (Wildman–Crippen MR) is 122 cm³/mol. The van der Waals surface area contributed by atoms with Gasteiger partial charge in [0.05, 0.1) is 12.4 Å². The molecule has 158 valence electrons. The van der Waals surface area contributed by atoms with Crippen LogP contribution < -0.4 is 0 Å². The molecule has 0 radical (unpaired) electrons. The summed E-state index contributed by atoms with van der Waals surface area (Å²) < 4.78 is 5.47. The van der Waals surface area contributed by atoms with Gasteiger partial charge in [-0.2, -0.15) is 0 Å². The number of hydrogen-bond acceptors (Lipinski definition) is 4. The van der Waals surface area contributed by atoms with E-state index in [1.807, 2.05) is 37.3 Å². The van der Waals surface area contributed by atoms with Crippen LogP contribution >= 0.6 is 0 Å². The Morgan fingerprint density at radius 3 is 2.21 bits per heavy atom. The molecule has 0 fully saturated rings. The van der Waals surface area contributed by atoms with E-state index in [2.05, 4.69) is 43.6 Å². The number of fused-ring (bicyclic) bond motifs is 1. The maximum atomic E-state index is 10.9. The summed E-state index contributed by atoms with van der Waals surface area (Å²) >= 11 is 0. The van der Waals surface area contributed by atoms with Gasteiger partial charge in [0.2, 0.25) is 0 Å². The van der Waals surface area contributed by atoms with E-state index in [0.717, 1.165) is 40.8 Å². The second kappa shape index (κ2) is 9.59. The summed E-state index contributed by atoms with van der Waals surface area (Å²) in [6.07, 6.45) is 1.51. The molecule has 1 N–H and O–H groups in total. The third-order valence-corrected chi connectivity index (χ3v) is 4.50. The summed E-state index contributed by atoms with van der Waals surface area (Å²) in [4.78, 5) is 1.52. The van der Waals surface area contributed by atoms with E-state index in [9.17, 15) is 5.11 Å². The van der Waals surface area contributed by atoms with Crippen LogP contribution in [0.15, 0.2) is 48.7 Å². The highest BCUT2D eigenvalue weighted by Gasteiger charge is 2.23. The van der Waals surface area contributed by atoms with E-state index in [1.54, 1.807) is 0 Å². The van der Waals surface area contributed by atoms with Crippen molar-refractivity contribution in [1.82, 2.24) is 15.0 Å². The first-order valence-electron chi connectivity index (χ1n) is 9.29. The third-order valence-electron chi connectivity index (χ3n) is 4.50. The van der Waals surface area contributed by atoms with Crippen molar-refractivity contribution in [3.05, 3.63) is 59.9 Å². The minimum atomic E-state index is -0.210. The zero-order chi connectivity index (χ0) is 19.6. The number of aryl methyl sites for hydroxylation is 1. The summed E-state index contributed by atoms with van der Waals surface area (Å²) in [6, 6.07) is 11.7. The molecule has 29 heavy (non-hydrogen) atoms. The quantitative estimate of drug-likeness (QED) is 0.505. The summed E-state index contributed by atoms with van der Waals surface area (Å²) in [7, 11) is 0. The highest BCUT2D eigenvalue weighted by Crippen LogP contribution is 2.36. The molecule has 0 atom stereocenters. The van der Waals surface area contributed by atoms with Crippen LogP contribution in [0, 0.1) is 0 Å². The number of phenols is 1. The molecule has 5 heteroatoms. The van der Waals surface area contributed by atoms with Crippen LogP contribution in [0.2, 0.25) is 0 Å². The Morgan fingerprint density at radius 2 is 1.69 bits per heavy atom. The molecule has 5 nitrogen and oxygen atoms in total. The summed E-state index contributed by atoms with van der Waals surface area (Å²) in [6.45, 7) is 12.8. The van der Waals surface area contributed by atoms with E-state index < -0.39 is 0 Å². The lowest BCUT2D eigenvalue weighted by atomic mass is 9.84. The molecule has 1 aromatic heterocycles. The van der Waals surface area contributed by atoms with Gasteiger partial charge in [0.1, 0.15) is 22.5 Å². The van der Waals surface area contributed by atoms with Gasteiger partial charge < -0.3 is 9.84 Å². The number of ether oxygens (including phenoxy) is 1.